The van der Waals surface area contributed by atoms with Crippen molar-refractivity contribution >= 4 is 56.8 Å². The van der Waals surface area contributed by atoms with E-state index < -0.39 is 15.6 Å². The van der Waals surface area contributed by atoms with Gasteiger partial charge in [-0.25, -0.2) is 13.4 Å². The van der Waals surface area contributed by atoms with E-state index in [0.29, 0.717) is 29.4 Å². The summed E-state index contributed by atoms with van der Waals surface area (Å²) in [6, 6.07) is 23.2. The fraction of sp³-hybridized carbons (Fsp3) is 0.185. The van der Waals surface area contributed by atoms with Crippen molar-refractivity contribution in [3.63, 3.8) is 0 Å². The van der Waals surface area contributed by atoms with Crippen LogP contribution in [0, 0.1) is 6.92 Å². The Labute approximate surface area is 228 Å². The van der Waals surface area contributed by atoms with Gasteiger partial charge in [0, 0.05) is 30.2 Å². The number of hydrogen-bond donors (Lipinski definition) is 5. The predicted octanol–water partition coefficient (Wildman–Crippen LogP) is 4.93. The molecule has 198 valence electrons. The molecule has 1 aromatic heterocycles. The van der Waals surface area contributed by atoms with Crippen LogP contribution in [0.4, 0.5) is 34.5 Å². The summed E-state index contributed by atoms with van der Waals surface area (Å²) in [5, 5.41) is 13.2. The van der Waals surface area contributed by atoms with E-state index in [9.17, 15) is 8.42 Å². The molecule has 0 amide bonds. The standard InChI is InChI=1S/C27H29N7O2S.ClH/c1-18-6-8-19(9-7-18)16-27(28)33-23-11-10-22(15-24(23)34-27)30-25-12-13-29-26(32-25)31-21-5-3-4-20(14-21)17-37(2,35)36;/h3-15,33-34H,16-17,28H2,1-2H3,(H2,29,30,31,32);1H. The van der Waals surface area contributed by atoms with Gasteiger partial charge in [-0.05, 0) is 54.4 Å². The molecule has 9 nitrogen and oxygen atoms in total. The normalized spacial score (nSPS) is 16.0. The molecule has 0 fully saturated rings. The van der Waals surface area contributed by atoms with E-state index in [-0.39, 0.29) is 18.2 Å². The van der Waals surface area contributed by atoms with Gasteiger partial charge in [-0.2, -0.15) is 4.98 Å². The fourth-order valence-electron chi connectivity index (χ4n) is 4.27. The Morgan fingerprint density at radius 1 is 0.895 bits per heavy atom. The van der Waals surface area contributed by atoms with Gasteiger partial charge >= 0.3 is 0 Å². The number of nitrogens with two attached hydrogens (primary N) is 1. The van der Waals surface area contributed by atoms with E-state index in [0.717, 1.165) is 22.6 Å². The zero-order chi connectivity index (χ0) is 26.0. The van der Waals surface area contributed by atoms with Gasteiger partial charge in [0.05, 0.1) is 17.1 Å². The number of hydrogen-bond acceptors (Lipinski definition) is 9. The molecule has 3 aromatic carbocycles. The van der Waals surface area contributed by atoms with Crippen LogP contribution in [-0.4, -0.2) is 30.4 Å². The molecule has 1 aliphatic heterocycles. The van der Waals surface area contributed by atoms with Crippen LogP contribution in [0.25, 0.3) is 0 Å². The van der Waals surface area contributed by atoms with Gasteiger partial charge in [0.25, 0.3) is 0 Å². The van der Waals surface area contributed by atoms with Crippen LogP contribution in [0.15, 0.2) is 79.0 Å². The first-order valence-corrected chi connectivity index (χ1v) is 13.9. The van der Waals surface area contributed by atoms with Gasteiger partial charge in [0.2, 0.25) is 5.95 Å². The first-order chi connectivity index (χ1) is 17.6. The van der Waals surface area contributed by atoms with E-state index in [4.69, 9.17) is 5.73 Å². The molecule has 5 rings (SSSR count). The second-order valence-corrected chi connectivity index (χ2v) is 11.6. The smallest absolute Gasteiger partial charge is 0.229 e. The molecule has 1 aliphatic rings. The van der Waals surface area contributed by atoms with Crippen molar-refractivity contribution in [1.82, 2.24) is 9.97 Å². The van der Waals surface area contributed by atoms with Crippen molar-refractivity contribution in [2.45, 2.75) is 24.9 Å². The number of fused-ring (bicyclic) bond motifs is 1. The highest BCUT2D eigenvalue weighted by atomic mass is 35.5. The predicted molar refractivity (Wildman–Crippen MR) is 156 cm³/mol. The molecule has 2 heterocycles. The molecule has 0 aliphatic carbocycles. The van der Waals surface area contributed by atoms with Crippen LogP contribution in [0.1, 0.15) is 16.7 Å². The number of sulfone groups is 1. The van der Waals surface area contributed by atoms with Gasteiger partial charge in [0.15, 0.2) is 15.6 Å². The Morgan fingerprint density at radius 3 is 2.39 bits per heavy atom. The van der Waals surface area contributed by atoms with Gasteiger partial charge in [-0.1, -0.05) is 42.0 Å². The molecule has 0 spiro atoms. The highest BCUT2D eigenvalue weighted by Crippen LogP contribution is 2.36. The third kappa shape index (κ3) is 6.91. The third-order valence-corrected chi connectivity index (χ3v) is 6.74. The number of benzene rings is 3. The molecule has 11 heteroatoms. The number of nitrogens with one attached hydrogen (secondary N) is 4. The van der Waals surface area contributed by atoms with Crippen molar-refractivity contribution in [3.05, 3.63) is 95.7 Å². The minimum Gasteiger partial charge on any atom is -0.349 e. The highest BCUT2D eigenvalue weighted by Gasteiger charge is 2.32. The lowest BCUT2D eigenvalue weighted by molar-refractivity contribution is 0.566. The first-order valence-electron chi connectivity index (χ1n) is 11.8. The van der Waals surface area contributed by atoms with E-state index in [2.05, 4.69) is 62.4 Å². The molecule has 0 radical (unpaired) electrons. The number of aryl methyl sites for hydroxylation is 1. The Kier molecular flexibility index (Phi) is 7.77. The molecule has 1 atom stereocenters. The number of anilines is 6. The minimum atomic E-state index is -3.12. The lowest BCUT2D eigenvalue weighted by atomic mass is 10.1. The van der Waals surface area contributed by atoms with Crippen molar-refractivity contribution in [3.8, 4) is 0 Å². The molecule has 1 unspecified atom stereocenters. The summed E-state index contributed by atoms with van der Waals surface area (Å²) in [7, 11) is -3.12. The van der Waals surface area contributed by atoms with Crippen LogP contribution in [0.3, 0.4) is 0 Å². The van der Waals surface area contributed by atoms with Gasteiger partial charge in [-0.3, -0.25) is 5.73 Å². The highest BCUT2D eigenvalue weighted by molar-refractivity contribution is 7.89. The quantitative estimate of drug-likeness (QED) is 0.206. The summed E-state index contributed by atoms with van der Waals surface area (Å²) in [5.74, 6) is 0.186. The average Bonchev–Trinajstić information content (AvgIpc) is 3.15. The van der Waals surface area contributed by atoms with Crippen LogP contribution in [0.2, 0.25) is 0 Å². The summed E-state index contributed by atoms with van der Waals surface area (Å²) >= 11 is 0. The number of nitrogens with zero attached hydrogens (tertiary/aromatic N) is 2. The fourth-order valence-corrected chi connectivity index (χ4v) is 5.05. The molecule has 6 N–H and O–H groups in total. The zero-order valence-electron chi connectivity index (χ0n) is 21.0. The zero-order valence-corrected chi connectivity index (χ0v) is 22.7. The Balaban J connectivity index is 0.00000336. The molecule has 0 bridgehead atoms. The third-order valence-electron chi connectivity index (χ3n) is 5.88. The SMILES string of the molecule is Cc1ccc(CC2(N)Nc3ccc(Nc4ccnc(Nc5cccc(CS(C)(=O)=O)c5)n4)cc3N2)cc1.Cl. The maximum atomic E-state index is 11.6. The lowest BCUT2D eigenvalue weighted by Crippen LogP contribution is -2.53. The second-order valence-electron chi connectivity index (χ2n) is 9.43. The van der Waals surface area contributed by atoms with Crippen LogP contribution >= 0.6 is 12.4 Å². The maximum Gasteiger partial charge on any atom is 0.229 e. The Morgan fingerprint density at radius 2 is 1.63 bits per heavy atom. The van der Waals surface area contributed by atoms with Crippen molar-refractivity contribution in [2.24, 2.45) is 5.73 Å². The van der Waals surface area contributed by atoms with Gasteiger partial charge in [-0.15, -0.1) is 12.4 Å². The van der Waals surface area contributed by atoms with E-state index >= 15 is 0 Å². The Bertz CT molecular complexity index is 1550. The van der Waals surface area contributed by atoms with Gasteiger partial charge in [0.1, 0.15) is 5.82 Å². The number of rotatable bonds is 8. The average molecular weight is 552 g/mol. The second kappa shape index (κ2) is 10.9. The first kappa shape index (κ1) is 27.2. The van der Waals surface area contributed by atoms with Crippen molar-refractivity contribution < 1.29 is 8.42 Å². The monoisotopic (exact) mass is 551 g/mol. The summed E-state index contributed by atoms with van der Waals surface area (Å²) in [6.07, 6.45) is 3.49. The van der Waals surface area contributed by atoms with E-state index in [1.807, 2.05) is 24.3 Å². The summed E-state index contributed by atoms with van der Waals surface area (Å²) < 4.78 is 23.2. The Hall–Kier alpha value is -3.86. The van der Waals surface area contributed by atoms with Crippen LogP contribution in [0.5, 0.6) is 0 Å². The molecule has 38 heavy (non-hydrogen) atoms. The summed E-state index contributed by atoms with van der Waals surface area (Å²) in [4.78, 5) is 8.82. The number of halogens is 1. The maximum absolute atomic E-state index is 11.6. The minimum absolute atomic E-state index is 0. The molecule has 4 aromatic rings. The molecule has 0 saturated heterocycles. The van der Waals surface area contributed by atoms with Gasteiger partial charge < -0.3 is 21.3 Å². The van der Waals surface area contributed by atoms with E-state index in [1.165, 1.54) is 11.8 Å². The molecule has 0 saturated carbocycles. The van der Waals surface area contributed by atoms with E-state index in [1.54, 1.807) is 30.5 Å². The van der Waals surface area contributed by atoms with Crippen LogP contribution < -0.4 is 27.0 Å². The molecular formula is C27H30ClN7O2S. The summed E-state index contributed by atoms with van der Waals surface area (Å²) in [5.41, 5.74) is 13.0. The van der Waals surface area contributed by atoms with Crippen molar-refractivity contribution in [1.29, 1.82) is 0 Å². The largest absolute Gasteiger partial charge is 0.349 e. The lowest BCUT2D eigenvalue weighted by Gasteiger charge is -2.26. The van der Waals surface area contributed by atoms with Crippen molar-refractivity contribution in [2.75, 3.05) is 27.5 Å². The topological polar surface area (TPSA) is 134 Å². The summed E-state index contributed by atoms with van der Waals surface area (Å²) in [6.45, 7) is 2.06. The number of aromatic nitrogens is 2. The molecular weight excluding hydrogens is 522 g/mol. The van der Waals surface area contributed by atoms with Crippen LogP contribution in [-0.2, 0) is 22.0 Å².